The van der Waals surface area contributed by atoms with Gasteiger partial charge in [0.25, 0.3) is 0 Å². The van der Waals surface area contributed by atoms with Crippen LogP contribution in [0.1, 0.15) is 49.1 Å². The van der Waals surface area contributed by atoms with Gasteiger partial charge in [-0.25, -0.2) is 14.8 Å². The standard InChI is InChI=1S/C15H22N2O3/c1-9-11(8-16-10(2)17-9)13(18)20-12-7-15(5,19-6)14(12,3)4/h8,12H,7H2,1-6H3. The highest BCUT2D eigenvalue weighted by Gasteiger charge is 2.60. The first-order chi connectivity index (χ1) is 9.21. The summed E-state index contributed by atoms with van der Waals surface area (Å²) in [7, 11) is 1.69. The first-order valence-electron chi connectivity index (χ1n) is 6.77. The van der Waals surface area contributed by atoms with Gasteiger partial charge in [0.1, 0.15) is 11.9 Å². The highest BCUT2D eigenvalue weighted by molar-refractivity contribution is 5.90. The third-order valence-electron chi connectivity index (χ3n) is 4.76. The van der Waals surface area contributed by atoms with E-state index in [0.717, 1.165) is 0 Å². The van der Waals surface area contributed by atoms with Crippen LogP contribution in [0.4, 0.5) is 0 Å². The Morgan fingerprint density at radius 3 is 2.50 bits per heavy atom. The van der Waals surface area contributed by atoms with Crippen LogP contribution >= 0.6 is 0 Å². The van der Waals surface area contributed by atoms with E-state index in [1.807, 2.05) is 6.92 Å². The molecular weight excluding hydrogens is 256 g/mol. The molecule has 1 aliphatic rings. The van der Waals surface area contributed by atoms with Crippen LogP contribution in [0, 0.1) is 19.3 Å². The smallest absolute Gasteiger partial charge is 0.341 e. The molecule has 0 aliphatic heterocycles. The monoisotopic (exact) mass is 278 g/mol. The lowest BCUT2D eigenvalue weighted by Gasteiger charge is -2.57. The van der Waals surface area contributed by atoms with Gasteiger partial charge < -0.3 is 9.47 Å². The Labute approximate surface area is 119 Å². The minimum absolute atomic E-state index is 0.152. The summed E-state index contributed by atoms with van der Waals surface area (Å²) in [5.74, 6) is 0.286. The quantitative estimate of drug-likeness (QED) is 0.795. The minimum atomic E-state index is -0.362. The van der Waals surface area contributed by atoms with Gasteiger partial charge in [0.05, 0.1) is 16.9 Å². The maximum Gasteiger partial charge on any atom is 0.341 e. The zero-order chi connectivity index (χ0) is 15.1. The van der Waals surface area contributed by atoms with Gasteiger partial charge in [0.2, 0.25) is 0 Å². The number of rotatable bonds is 3. The van der Waals surface area contributed by atoms with Crippen molar-refractivity contribution >= 4 is 5.97 Å². The van der Waals surface area contributed by atoms with E-state index in [4.69, 9.17) is 9.47 Å². The summed E-state index contributed by atoms with van der Waals surface area (Å²) in [4.78, 5) is 20.5. The Bertz CT molecular complexity index is 542. The maximum absolute atomic E-state index is 12.2. The van der Waals surface area contributed by atoms with Gasteiger partial charge in [-0.05, 0) is 20.8 Å². The molecular formula is C15H22N2O3. The van der Waals surface area contributed by atoms with Crippen LogP contribution in [0.25, 0.3) is 0 Å². The second kappa shape index (κ2) is 4.81. The molecule has 0 N–H and O–H groups in total. The number of hydrogen-bond donors (Lipinski definition) is 0. The molecule has 0 saturated heterocycles. The van der Waals surface area contributed by atoms with Crippen LogP contribution in [-0.2, 0) is 9.47 Å². The van der Waals surface area contributed by atoms with E-state index in [1.54, 1.807) is 21.0 Å². The number of aryl methyl sites for hydroxylation is 2. The van der Waals surface area contributed by atoms with E-state index in [-0.39, 0.29) is 23.1 Å². The topological polar surface area (TPSA) is 61.3 Å². The molecule has 0 spiro atoms. The van der Waals surface area contributed by atoms with Gasteiger partial charge >= 0.3 is 5.97 Å². The Balaban J connectivity index is 2.11. The lowest BCUT2D eigenvalue weighted by atomic mass is 9.57. The van der Waals surface area contributed by atoms with Crippen molar-refractivity contribution in [2.45, 2.75) is 52.7 Å². The number of ether oxygens (including phenoxy) is 2. The van der Waals surface area contributed by atoms with Crippen molar-refractivity contribution in [1.29, 1.82) is 0 Å². The van der Waals surface area contributed by atoms with Gasteiger partial charge in [-0.15, -0.1) is 0 Å². The molecule has 5 nitrogen and oxygen atoms in total. The van der Waals surface area contributed by atoms with Crippen molar-refractivity contribution in [3.05, 3.63) is 23.3 Å². The molecule has 0 amide bonds. The van der Waals surface area contributed by atoms with E-state index in [0.29, 0.717) is 23.5 Å². The summed E-state index contributed by atoms with van der Waals surface area (Å²) >= 11 is 0. The zero-order valence-corrected chi connectivity index (χ0v) is 13.0. The van der Waals surface area contributed by atoms with Crippen molar-refractivity contribution in [1.82, 2.24) is 9.97 Å². The molecule has 2 unspecified atom stereocenters. The molecule has 2 rings (SSSR count). The van der Waals surface area contributed by atoms with Crippen LogP contribution in [0.2, 0.25) is 0 Å². The molecule has 1 aromatic heterocycles. The molecule has 0 bridgehead atoms. The van der Waals surface area contributed by atoms with Crippen LogP contribution in [-0.4, -0.2) is 34.8 Å². The summed E-state index contributed by atoms with van der Waals surface area (Å²) < 4.78 is 11.1. The SMILES string of the molecule is COC1(C)CC(OC(=O)c2cnc(C)nc2C)C1(C)C. The number of hydrogen-bond acceptors (Lipinski definition) is 5. The fourth-order valence-corrected chi connectivity index (χ4v) is 2.59. The fraction of sp³-hybridized carbons (Fsp3) is 0.667. The molecule has 5 heteroatoms. The number of carbonyl (C=O) groups excluding carboxylic acids is 1. The second-order valence-electron chi connectivity index (χ2n) is 6.17. The Morgan fingerprint density at radius 1 is 1.35 bits per heavy atom. The van der Waals surface area contributed by atoms with Crippen molar-refractivity contribution in [2.75, 3.05) is 7.11 Å². The van der Waals surface area contributed by atoms with Gasteiger partial charge in [-0.3, -0.25) is 0 Å². The van der Waals surface area contributed by atoms with E-state index >= 15 is 0 Å². The largest absolute Gasteiger partial charge is 0.458 e. The zero-order valence-electron chi connectivity index (χ0n) is 13.0. The number of carbonyl (C=O) groups is 1. The summed E-state index contributed by atoms with van der Waals surface area (Å²) in [6.07, 6.45) is 2.08. The van der Waals surface area contributed by atoms with Gasteiger partial charge in [-0.2, -0.15) is 0 Å². The average molecular weight is 278 g/mol. The third kappa shape index (κ3) is 2.20. The van der Waals surface area contributed by atoms with Crippen LogP contribution < -0.4 is 0 Å². The fourth-order valence-electron chi connectivity index (χ4n) is 2.59. The molecule has 2 atom stereocenters. The molecule has 20 heavy (non-hydrogen) atoms. The van der Waals surface area contributed by atoms with Crippen LogP contribution in [0.5, 0.6) is 0 Å². The Hall–Kier alpha value is -1.49. The summed E-state index contributed by atoms with van der Waals surface area (Å²) in [6.45, 7) is 9.72. The molecule has 1 fully saturated rings. The normalized spacial score (nSPS) is 27.8. The lowest BCUT2D eigenvalue weighted by Crippen LogP contribution is -2.64. The highest BCUT2D eigenvalue weighted by atomic mass is 16.6. The highest BCUT2D eigenvalue weighted by Crippen LogP contribution is 2.53. The summed E-state index contributed by atoms with van der Waals surface area (Å²) in [5, 5.41) is 0. The van der Waals surface area contributed by atoms with Crippen molar-refractivity contribution in [3.8, 4) is 0 Å². The number of esters is 1. The van der Waals surface area contributed by atoms with Crippen molar-refractivity contribution in [3.63, 3.8) is 0 Å². The third-order valence-corrected chi connectivity index (χ3v) is 4.76. The molecule has 1 aliphatic carbocycles. The van der Waals surface area contributed by atoms with Crippen molar-refractivity contribution < 1.29 is 14.3 Å². The average Bonchev–Trinajstić information content (AvgIpc) is 2.37. The molecule has 0 radical (unpaired) electrons. The lowest BCUT2D eigenvalue weighted by molar-refractivity contribution is -0.229. The van der Waals surface area contributed by atoms with E-state index in [9.17, 15) is 4.79 Å². The van der Waals surface area contributed by atoms with Gasteiger partial charge in [-0.1, -0.05) is 13.8 Å². The summed E-state index contributed by atoms with van der Waals surface area (Å²) in [5.41, 5.74) is 0.611. The van der Waals surface area contributed by atoms with Crippen molar-refractivity contribution in [2.24, 2.45) is 5.41 Å². The maximum atomic E-state index is 12.2. The number of methoxy groups -OCH3 is 1. The molecule has 0 aromatic carbocycles. The predicted molar refractivity (Wildman–Crippen MR) is 74.5 cm³/mol. The first kappa shape index (κ1) is 14.9. The van der Waals surface area contributed by atoms with Gasteiger partial charge in [0, 0.05) is 25.1 Å². The molecule has 1 aromatic rings. The summed E-state index contributed by atoms with van der Waals surface area (Å²) in [6, 6.07) is 0. The molecule has 110 valence electrons. The number of nitrogens with zero attached hydrogens (tertiary/aromatic N) is 2. The first-order valence-corrected chi connectivity index (χ1v) is 6.77. The van der Waals surface area contributed by atoms with E-state index < -0.39 is 0 Å². The van der Waals surface area contributed by atoms with Crippen LogP contribution in [0.3, 0.4) is 0 Å². The molecule has 1 saturated carbocycles. The number of aromatic nitrogens is 2. The van der Waals surface area contributed by atoms with E-state index in [2.05, 4.69) is 23.8 Å². The predicted octanol–water partition coefficient (Wildman–Crippen LogP) is 2.45. The Kier molecular flexibility index (Phi) is 3.58. The van der Waals surface area contributed by atoms with Gasteiger partial charge in [0.15, 0.2) is 0 Å². The molecule has 1 heterocycles. The second-order valence-corrected chi connectivity index (χ2v) is 6.17. The Morgan fingerprint density at radius 2 is 2.00 bits per heavy atom. The minimum Gasteiger partial charge on any atom is -0.458 e. The van der Waals surface area contributed by atoms with Crippen LogP contribution in [0.15, 0.2) is 6.20 Å². The van der Waals surface area contributed by atoms with E-state index in [1.165, 1.54) is 6.20 Å².